The summed E-state index contributed by atoms with van der Waals surface area (Å²) < 4.78 is 5.01. The van der Waals surface area contributed by atoms with Gasteiger partial charge in [0.1, 0.15) is 0 Å². The molecule has 2 heteroatoms. The highest BCUT2D eigenvalue weighted by Gasteiger charge is 2.31. The SMILES string of the molecule is CC(C)C1=COC(=O)C1Cc1ccccc1. The molecule has 1 aromatic rings. The Morgan fingerprint density at radius 3 is 2.56 bits per heavy atom. The van der Waals surface area contributed by atoms with Gasteiger partial charge in [-0.15, -0.1) is 0 Å². The van der Waals surface area contributed by atoms with Crippen LogP contribution < -0.4 is 0 Å². The topological polar surface area (TPSA) is 26.3 Å². The number of carbonyl (C=O) groups excluding carboxylic acids is 1. The van der Waals surface area contributed by atoms with Gasteiger partial charge in [-0.2, -0.15) is 0 Å². The average Bonchev–Trinajstić information content (AvgIpc) is 2.62. The maximum Gasteiger partial charge on any atom is 0.318 e. The number of hydrogen-bond donors (Lipinski definition) is 0. The molecule has 0 aliphatic carbocycles. The summed E-state index contributed by atoms with van der Waals surface area (Å²) >= 11 is 0. The summed E-state index contributed by atoms with van der Waals surface area (Å²) in [5.41, 5.74) is 2.28. The monoisotopic (exact) mass is 216 g/mol. The normalized spacial score (nSPS) is 19.8. The molecule has 2 nitrogen and oxygen atoms in total. The van der Waals surface area contributed by atoms with Crippen LogP contribution in [0.1, 0.15) is 19.4 Å². The summed E-state index contributed by atoms with van der Waals surface area (Å²) in [4.78, 5) is 11.6. The first-order chi connectivity index (χ1) is 7.68. The quantitative estimate of drug-likeness (QED) is 0.726. The van der Waals surface area contributed by atoms with Gasteiger partial charge in [0.05, 0.1) is 12.2 Å². The summed E-state index contributed by atoms with van der Waals surface area (Å²) in [6.45, 7) is 4.18. The second kappa shape index (κ2) is 4.52. The van der Waals surface area contributed by atoms with Gasteiger partial charge in [0.25, 0.3) is 0 Å². The second-order valence-electron chi connectivity index (χ2n) is 4.45. The zero-order valence-electron chi connectivity index (χ0n) is 9.64. The molecule has 0 aromatic heterocycles. The molecule has 0 fully saturated rings. The third-order valence-electron chi connectivity index (χ3n) is 2.95. The van der Waals surface area contributed by atoms with Gasteiger partial charge in [-0.3, -0.25) is 4.79 Å². The van der Waals surface area contributed by atoms with Crippen molar-refractivity contribution in [2.75, 3.05) is 0 Å². The molecule has 1 unspecified atom stereocenters. The van der Waals surface area contributed by atoms with Gasteiger partial charge < -0.3 is 4.74 Å². The van der Waals surface area contributed by atoms with Crippen LogP contribution in [-0.2, 0) is 16.0 Å². The van der Waals surface area contributed by atoms with Crippen LogP contribution in [0.25, 0.3) is 0 Å². The molecule has 0 radical (unpaired) electrons. The van der Waals surface area contributed by atoms with Gasteiger partial charge in [0, 0.05) is 0 Å². The molecule has 1 aliphatic rings. The molecule has 0 bridgehead atoms. The van der Waals surface area contributed by atoms with Gasteiger partial charge in [-0.25, -0.2) is 0 Å². The molecule has 0 saturated carbocycles. The number of cyclic esters (lactones) is 1. The molecule has 1 aromatic carbocycles. The van der Waals surface area contributed by atoms with E-state index in [1.807, 2.05) is 30.3 Å². The van der Waals surface area contributed by atoms with E-state index in [1.165, 1.54) is 5.56 Å². The minimum absolute atomic E-state index is 0.0950. The number of carbonyl (C=O) groups is 1. The van der Waals surface area contributed by atoms with E-state index in [0.29, 0.717) is 5.92 Å². The molecule has 0 amide bonds. The summed E-state index contributed by atoms with van der Waals surface area (Å²) in [5, 5.41) is 0. The van der Waals surface area contributed by atoms with E-state index < -0.39 is 0 Å². The highest BCUT2D eigenvalue weighted by Crippen LogP contribution is 2.29. The third kappa shape index (κ3) is 2.16. The van der Waals surface area contributed by atoms with E-state index in [-0.39, 0.29) is 11.9 Å². The lowest BCUT2D eigenvalue weighted by Gasteiger charge is -2.13. The van der Waals surface area contributed by atoms with E-state index in [4.69, 9.17) is 4.74 Å². The maximum atomic E-state index is 11.6. The number of hydrogen-bond acceptors (Lipinski definition) is 2. The van der Waals surface area contributed by atoms with Crippen molar-refractivity contribution >= 4 is 5.97 Å². The predicted molar refractivity (Wildman–Crippen MR) is 62.6 cm³/mol. The molecular weight excluding hydrogens is 200 g/mol. The third-order valence-corrected chi connectivity index (χ3v) is 2.95. The summed E-state index contributed by atoms with van der Waals surface area (Å²) in [6.07, 6.45) is 2.37. The molecular formula is C14H16O2. The van der Waals surface area contributed by atoms with E-state index >= 15 is 0 Å². The van der Waals surface area contributed by atoms with E-state index in [9.17, 15) is 4.79 Å². The molecule has 1 heterocycles. The molecule has 1 atom stereocenters. The first-order valence-electron chi connectivity index (χ1n) is 5.63. The smallest absolute Gasteiger partial charge is 0.318 e. The lowest BCUT2D eigenvalue weighted by molar-refractivity contribution is -0.139. The first-order valence-corrected chi connectivity index (χ1v) is 5.63. The zero-order valence-corrected chi connectivity index (χ0v) is 9.64. The number of ether oxygens (including phenoxy) is 1. The van der Waals surface area contributed by atoms with Crippen LogP contribution in [0, 0.1) is 11.8 Å². The van der Waals surface area contributed by atoms with Crippen molar-refractivity contribution in [3.63, 3.8) is 0 Å². The fourth-order valence-electron chi connectivity index (χ4n) is 2.02. The van der Waals surface area contributed by atoms with Crippen molar-refractivity contribution in [3.05, 3.63) is 47.7 Å². The maximum absolute atomic E-state index is 11.6. The fourth-order valence-corrected chi connectivity index (χ4v) is 2.02. The Bertz CT molecular complexity index is 404. The molecule has 0 spiro atoms. The van der Waals surface area contributed by atoms with Crippen LogP contribution in [0.2, 0.25) is 0 Å². The van der Waals surface area contributed by atoms with Crippen LogP contribution in [0.15, 0.2) is 42.2 Å². The van der Waals surface area contributed by atoms with Crippen molar-refractivity contribution in [1.29, 1.82) is 0 Å². The Morgan fingerprint density at radius 1 is 1.25 bits per heavy atom. The summed E-state index contributed by atoms with van der Waals surface area (Å²) in [7, 11) is 0. The Kier molecular flexibility index (Phi) is 3.09. The van der Waals surface area contributed by atoms with Crippen molar-refractivity contribution in [2.45, 2.75) is 20.3 Å². The average molecular weight is 216 g/mol. The largest absolute Gasteiger partial charge is 0.434 e. The number of benzene rings is 1. The van der Waals surface area contributed by atoms with E-state index in [1.54, 1.807) is 6.26 Å². The number of esters is 1. The van der Waals surface area contributed by atoms with Gasteiger partial charge in [0.2, 0.25) is 0 Å². The Hall–Kier alpha value is -1.57. The molecule has 0 N–H and O–H groups in total. The lowest BCUT2D eigenvalue weighted by Crippen LogP contribution is -2.17. The van der Waals surface area contributed by atoms with Crippen molar-refractivity contribution in [1.82, 2.24) is 0 Å². The zero-order chi connectivity index (χ0) is 11.5. The fraction of sp³-hybridized carbons (Fsp3) is 0.357. The Labute approximate surface area is 95.9 Å². The van der Waals surface area contributed by atoms with Crippen LogP contribution >= 0.6 is 0 Å². The summed E-state index contributed by atoms with van der Waals surface area (Å²) in [6, 6.07) is 10.1. The van der Waals surface area contributed by atoms with Crippen LogP contribution in [0.3, 0.4) is 0 Å². The van der Waals surface area contributed by atoms with Gasteiger partial charge >= 0.3 is 5.97 Å². The highest BCUT2D eigenvalue weighted by atomic mass is 16.5. The molecule has 2 rings (SSSR count). The standard InChI is InChI=1S/C14H16O2/c1-10(2)13-9-16-14(15)12(13)8-11-6-4-3-5-7-11/h3-7,9-10,12H,8H2,1-2H3. The van der Waals surface area contributed by atoms with Crippen molar-refractivity contribution in [2.24, 2.45) is 11.8 Å². The van der Waals surface area contributed by atoms with Crippen LogP contribution in [-0.4, -0.2) is 5.97 Å². The molecule has 0 saturated heterocycles. The van der Waals surface area contributed by atoms with Crippen molar-refractivity contribution in [3.8, 4) is 0 Å². The first kappa shape index (κ1) is 10.9. The molecule has 16 heavy (non-hydrogen) atoms. The van der Waals surface area contributed by atoms with Crippen LogP contribution in [0.5, 0.6) is 0 Å². The second-order valence-corrected chi connectivity index (χ2v) is 4.45. The number of rotatable bonds is 3. The van der Waals surface area contributed by atoms with E-state index in [0.717, 1.165) is 12.0 Å². The Balaban J connectivity index is 2.15. The van der Waals surface area contributed by atoms with Gasteiger partial charge in [-0.1, -0.05) is 44.2 Å². The van der Waals surface area contributed by atoms with E-state index in [2.05, 4.69) is 13.8 Å². The molecule has 1 aliphatic heterocycles. The minimum Gasteiger partial charge on any atom is -0.434 e. The predicted octanol–water partition coefficient (Wildman–Crippen LogP) is 2.94. The molecule has 84 valence electrons. The highest BCUT2D eigenvalue weighted by molar-refractivity contribution is 5.79. The lowest BCUT2D eigenvalue weighted by atomic mass is 9.87. The summed E-state index contributed by atoms with van der Waals surface area (Å²) in [5.74, 6) is 0.148. The van der Waals surface area contributed by atoms with Crippen LogP contribution in [0.4, 0.5) is 0 Å². The van der Waals surface area contributed by atoms with Gasteiger partial charge in [0.15, 0.2) is 0 Å². The minimum atomic E-state index is -0.118. The van der Waals surface area contributed by atoms with Gasteiger partial charge in [-0.05, 0) is 23.5 Å². The Morgan fingerprint density at radius 2 is 1.94 bits per heavy atom. The van der Waals surface area contributed by atoms with Crippen molar-refractivity contribution < 1.29 is 9.53 Å².